The summed E-state index contributed by atoms with van der Waals surface area (Å²) in [6.07, 6.45) is -2.19. The molecule has 0 aromatic carbocycles. The molecule has 0 saturated carbocycles. The fourth-order valence-electron chi connectivity index (χ4n) is 1.86. The van der Waals surface area contributed by atoms with Gasteiger partial charge in [0.1, 0.15) is 18.1 Å². The molecule has 0 bridgehead atoms. The van der Waals surface area contributed by atoms with Gasteiger partial charge in [-0.1, -0.05) is 0 Å². The summed E-state index contributed by atoms with van der Waals surface area (Å²) < 4.78 is 0. The number of aliphatic carboxylic acids is 2. The van der Waals surface area contributed by atoms with Crippen LogP contribution in [-0.2, 0) is 24.0 Å². The molecule has 5 unspecified atom stereocenters. The van der Waals surface area contributed by atoms with Crippen molar-refractivity contribution in [1.82, 2.24) is 16.0 Å². The lowest BCUT2D eigenvalue weighted by molar-refractivity contribution is -0.142. The molecule has 0 saturated heterocycles. The van der Waals surface area contributed by atoms with Crippen LogP contribution in [0.2, 0.25) is 0 Å². The molecule has 9 N–H and O–H groups in total. The summed E-state index contributed by atoms with van der Waals surface area (Å²) in [4.78, 5) is 57.6. The van der Waals surface area contributed by atoms with Crippen molar-refractivity contribution in [3.63, 3.8) is 0 Å². The third kappa shape index (κ3) is 8.51. The lowest BCUT2D eigenvalue weighted by atomic mass is 10.1. The van der Waals surface area contributed by atoms with Crippen molar-refractivity contribution in [2.24, 2.45) is 5.73 Å². The Morgan fingerprint density at radius 1 is 0.964 bits per heavy atom. The van der Waals surface area contributed by atoms with Crippen molar-refractivity contribution < 1.29 is 44.4 Å². The largest absolute Gasteiger partial charge is 0.481 e. The molecule has 160 valence electrons. The van der Waals surface area contributed by atoms with E-state index < -0.39 is 73.0 Å². The molecule has 3 amide bonds. The van der Waals surface area contributed by atoms with Crippen LogP contribution < -0.4 is 21.7 Å². The van der Waals surface area contributed by atoms with Gasteiger partial charge in [0, 0.05) is 5.75 Å². The lowest BCUT2D eigenvalue weighted by Crippen LogP contribution is -2.60. The molecule has 0 fully saturated rings. The molecule has 5 atom stereocenters. The van der Waals surface area contributed by atoms with Crippen molar-refractivity contribution in [2.75, 3.05) is 12.4 Å². The molecular formula is C14H24N4O9S. The number of rotatable bonds is 12. The van der Waals surface area contributed by atoms with E-state index in [2.05, 4.69) is 23.3 Å². The van der Waals surface area contributed by atoms with Crippen LogP contribution in [0.25, 0.3) is 0 Å². The Labute approximate surface area is 165 Å². The molecule has 0 aromatic rings. The van der Waals surface area contributed by atoms with E-state index in [0.717, 1.165) is 6.92 Å². The number of carboxylic acids is 2. The van der Waals surface area contributed by atoms with Crippen molar-refractivity contribution in [1.29, 1.82) is 0 Å². The van der Waals surface area contributed by atoms with E-state index in [4.69, 9.17) is 15.9 Å². The van der Waals surface area contributed by atoms with Gasteiger partial charge >= 0.3 is 11.9 Å². The molecule has 0 aliphatic carbocycles. The van der Waals surface area contributed by atoms with Crippen LogP contribution in [0.3, 0.4) is 0 Å². The Bertz CT molecular complexity index is 601. The van der Waals surface area contributed by atoms with Gasteiger partial charge in [-0.05, 0) is 6.92 Å². The normalized spacial score (nSPS) is 16.0. The fourth-order valence-corrected chi connectivity index (χ4v) is 2.11. The second-order valence-corrected chi connectivity index (χ2v) is 6.12. The molecule has 28 heavy (non-hydrogen) atoms. The second-order valence-electron chi connectivity index (χ2n) is 5.76. The summed E-state index contributed by atoms with van der Waals surface area (Å²) in [5.41, 5.74) is 5.37. The van der Waals surface area contributed by atoms with Crippen molar-refractivity contribution in [2.45, 2.75) is 43.6 Å². The molecule has 0 spiro atoms. The number of carboxylic acid groups (broad SMARTS) is 2. The molecule has 13 nitrogen and oxygen atoms in total. The zero-order valence-corrected chi connectivity index (χ0v) is 15.8. The number of nitrogens with one attached hydrogen (secondary N) is 3. The summed E-state index contributed by atoms with van der Waals surface area (Å²) in [5.74, 6) is -6.13. The maximum absolute atomic E-state index is 12.3. The first-order valence-corrected chi connectivity index (χ1v) is 8.58. The lowest BCUT2D eigenvalue weighted by Gasteiger charge is -2.25. The van der Waals surface area contributed by atoms with Gasteiger partial charge in [0.25, 0.3) is 0 Å². The molecular weight excluding hydrogens is 400 g/mol. The minimum absolute atomic E-state index is 0.249. The number of amides is 3. The maximum atomic E-state index is 12.3. The molecule has 0 heterocycles. The molecule has 14 heteroatoms. The average molecular weight is 424 g/mol. The van der Waals surface area contributed by atoms with E-state index in [1.807, 2.05) is 5.32 Å². The quantitative estimate of drug-likeness (QED) is 0.137. The first-order valence-electron chi connectivity index (χ1n) is 7.95. The van der Waals surface area contributed by atoms with E-state index in [0.29, 0.717) is 0 Å². The highest BCUT2D eigenvalue weighted by atomic mass is 32.1. The molecule has 0 radical (unpaired) electrons. The maximum Gasteiger partial charge on any atom is 0.327 e. The SMILES string of the molecule is CC(O)C(NC(=O)C(N)CC(=O)O)C(=O)NC(CO)C(=O)NC(CS)C(=O)O. The number of hydrogen-bond acceptors (Lipinski definition) is 9. The Hall–Kier alpha value is -2.42. The summed E-state index contributed by atoms with van der Waals surface area (Å²) >= 11 is 3.76. The Kier molecular flexibility index (Phi) is 11.1. The number of hydrogen-bond donors (Lipinski definition) is 9. The van der Waals surface area contributed by atoms with Crippen LogP contribution in [0.1, 0.15) is 13.3 Å². The van der Waals surface area contributed by atoms with E-state index in [-0.39, 0.29) is 5.75 Å². The van der Waals surface area contributed by atoms with Crippen LogP contribution in [0.4, 0.5) is 0 Å². The van der Waals surface area contributed by atoms with Gasteiger partial charge in [-0.15, -0.1) is 0 Å². The Morgan fingerprint density at radius 2 is 1.50 bits per heavy atom. The van der Waals surface area contributed by atoms with Gasteiger partial charge in [-0.25, -0.2) is 4.79 Å². The molecule has 0 aliphatic heterocycles. The van der Waals surface area contributed by atoms with Crippen molar-refractivity contribution >= 4 is 42.3 Å². The Morgan fingerprint density at radius 3 is 1.89 bits per heavy atom. The van der Waals surface area contributed by atoms with E-state index >= 15 is 0 Å². The highest BCUT2D eigenvalue weighted by molar-refractivity contribution is 7.80. The standard InChI is InChI=1S/C14H24N4O9S/c1-5(20)10(18-11(23)6(15)2-9(21)22)13(25)16-7(3-19)12(24)17-8(4-28)14(26)27/h5-8,10,19-20,28H,2-4,15H2,1H3,(H,16,25)(H,17,24)(H,18,23)(H,21,22)(H,26,27). The number of aliphatic hydroxyl groups excluding tert-OH is 2. The minimum Gasteiger partial charge on any atom is -0.481 e. The van der Waals surface area contributed by atoms with Crippen LogP contribution in [0.15, 0.2) is 0 Å². The van der Waals surface area contributed by atoms with Crippen LogP contribution in [0.5, 0.6) is 0 Å². The van der Waals surface area contributed by atoms with Crippen molar-refractivity contribution in [3.05, 3.63) is 0 Å². The number of nitrogens with two attached hydrogens (primary N) is 1. The van der Waals surface area contributed by atoms with Crippen LogP contribution >= 0.6 is 12.6 Å². The first kappa shape index (κ1) is 25.6. The predicted octanol–water partition coefficient (Wildman–Crippen LogP) is -4.37. The van der Waals surface area contributed by atoms with Gasteiger partial charge in [-0.3, -0.25) is 19.2 Å². The third-order valence-corrected chi connectivity index (χ3v) is 3.77. The summed E-state index contributed by atoms with van der Waals surface area (Å²) in [5, 5.41) is 42.6. The number of aliphatic hydroxyl groups is 2. The minimum atomic E-state index is -1.62. The van der Waals surface area contributed by atoms with E-state index in [1.165, 1.54) is 0 Å². The second kappa shape index (κ2) is 12.1. The summed E-state index contributed by atoms with van der Waals surface area (Å²) in [6, 6.07) is -6.06. The van der Waals surface area contributed by atoms with E-state index in [9.17, 15) is 34.2 Å². The molecule has 0 aromatic heterocycles. The van der Waals surface area contributed by atoms with Crippen LogP contribution in [0, 0.1) is 0 Å². The van der Waals surface area contributed by atoms with Crippen molar-refractivity contribution in [3.8, 4) is 0 Å². The smallest absolute Gasteiger partial charge is 0.327 e. The number of carbonyl (C=O) groups excluding carboxylic acids is 3. The van der Waals surface area contributed by atoms with Gasteiger partial charge in [0.15, 0.2) is 0 Å². The fraction of sp³-hybridized carbons (Fsp3) is 0.643. The molecule has 0 rings (SSSR count). The van der Waals surface area contributed by atoms with Crippen LogP contribution in [-0.4, -0.2) is 92.7 Å². The third-order valence-electron chi connectivity index (χ3n) is 3.41. The van der Waals surface area contributed by atoms with Gasteiger partial charge in [0.05, 0.1) is 25.2 Å². The predicted molar refractivity (Wildman–Crippen MR) is 96.3 cm³/mol. The molecule has 0 aliphatic rings. The highest BCUT2D eigenvalue weighted by Gasteiger charge is 2.32. The Balaban J connectivity index is 5.09. The number of thiol groups is 1. The van der Waals surface area contributed by atoms with Gasteiger partial charge in [-0.2, -0.15) is 12.6 Å². The zero-order chi connectivity index (χ0) is 22.0. The topological polar surface area (TPSA) is 228 Å². The zero-order valence-electron chi connectivity index (χ0n) is 14.9. The van der Waals surface area contributed by atoms with Gasteiger partial charge < -0.3 is 42.1 Å². The van der Waals surface area contributed by atoms with E-state index in [1.54, 1.807) is 0 Å². The summed E-state index contributed by atoms with van der Waals surface area (Å²) in [7, 11) is 0. The number of carbonyl (C=O) groups is 5. The monoisotopic (exact) mass is 424 g/mol. The highest BCUT2D eigenvalue weighted by Crippen LogP contribution is 1.99. The average Bonchev–Trinajstić information content (AvgIpc) is 2.59. The first-order chi connectivity index (χ1) is 12.9. The van der Waals surface area contributed by atoms with Gasteiger partial charge in [0.2, 0.25) is 17.7 Å². The summed E-state index contributed by atoms with van der Waals surface area (Å²) in [6.45, 7) is 0.234.